The molecule has 4 aromatic carbocycles. The van der Waals surface area contributed by atoms with Gasteiger partial charge in [-0.05, 0) is 89.9 Å². The molecule has 5 heterocycles. The standard InChI is InChI=1S/C48H52N8O7/c1-25(2)40(53-47(59)61-5)46(58)56-27(4)12-17-37(56)44-50-35-16-14-29-20-34-32-15-13-30(19-31(32)24-63-39(34)21-33(29)42(35)52-44)36-22-49-43(51-36)38-18-26(3)23-55(38)45(57)41(54-48(60)62-6)28-10-8-7-9-11-28/h7-11,13-16,19-22,25-27,37-38,40-41H,12,17-18,23-24H2,1-6H3,(H,49,51)(H,50,52)(H,53,59)(H,54,60)/t26-,27-,37?,38-,40-,41+/m0/s1. The van der Waals surface area contributed by atoms with Gasteiger partial charge in [0.05, 0.1) is 49.2 Å². The molecule has 2 saturated heterocycles. The van der Waals surface area contributed by atoms with Gasteiger partial charge in [-0.2, -0.15) is 0 Å². The first kappa shape index (κ1) is 41.5. The van der Waals surface area contributed by atoms with Crippen LogP contribution in [0, 0.1) is 11.8 Å². The molecule has 15 nitrogen and oxygen atoms in total. The summed E-state index contributed by atoms with van der Waals surface area (Å²) in [5, 5.41) is 7.43. The van der Waals surface area contributed by atoms with Gasteiger partial charge in [0.15, 0.2) is 0 Å². The molecule has 0 spiro atoms. The monoisotopic (exact) mass is 852 g/mol. The van der Waals surface area contributed by atoms with Crippen LogP contribution in [-0.4, -0.2) is 86.6 Å². The number of methoxy groups -OCH3 is 2. The number of fused-ring (bicyclic) bond motifs is 6. The van der Waals surface area contributed by atoms with Crippen LogP contribution in [-0.2, 0) is 25.7 Å². The molecule has 6 atom stereocenters. The van der Waals surface area contributed by atoms with Crippen LogP contribution in [0.4, 0.5) is 9.59 Å². The van der Waals surface area contributed by atoms with Crippen molar-refractivity contribution >= 4 is 45.8 Å². The Balaban J connectivity index is 0.967. The lowest BCUT2D eigenvalue weighted by atomic mass is 9.92. The summed E-state index contributed by atoms with van der Waals surface area (Å²) in [6, 6.07) is 21.6. The number of carbonyl (C=O) groups is 4. The highest BCUT2D eigenvalue weighted by molar-refractivity contribution is 6.07. The van der Waals surface area contributed by atoms with E-state index in [4.69, 9.17) is 24.2 Å². The van der Waals surface area contributed by atoms with E-state index in [0.29, 0.717) is 30.4 Å². The minimum Gasteiger partial charge on any atom is -0.488 e. The predicted molar refractivity (Wildman–Crippen MR) is 236 cm³/mol. The first-order valence-corrected chi connectivity index (χ1v) is 21.6. The van der Waals surface area contributed by atoms with Gasteiger partial charge < -0.3 is 44.6 Å². The van der Waals surface area contributed by atoms with Gasteiger partial charge in [-0.3, -0.25) is 9.59 Å². The highest BCUT2D eigenvalue weighted by atomic mass is 16.5. The Bertz CT molecular complexity index is 2730. The number of aromatic nitrogens is 4. The van der Waals surface area contributed by atoms with Crippen molar-refractivity contribution in [1.29, 1.82) is 0 Å². The first-order valence-electron chi connectivity index (χ1n) is 21.6. The molecule has 2 fully saturated rings. The van der Waals surface area contributed by atoms with Gasteiger partial charge in [-0.25, -0.2) is 19.6 Å². The summed E-state index contributed by atoms with van der Waals surface area (Å²) in [6.07, 6.45) is 2.77. The molecule has 0 aliphatic carbocycles. The fourth-order valence-electron chi connectivity index (χ4n) is 9.59. The first-order chi connectivity index (χ1) is 30.4. The van der Waals surface area contributed by atoms with Crippen LogP contribution < -0.4 is 15.4 Å². The number of amides is 4. The quantitative estimate of drug-likeness (QED) is 0.112. The lowest BCUT2D eigenvalue weighted by Crippen LogP contribution is -2.52. The summed E-state index contributed by atoms with van der Waals surface area (Å²) in [6.45, 7) is 8.86. The maximum absolute atomic E-state index is 14.2. The van der Waals surface area contributed by atoms with Crippen molar-refractivity contribution < 1.29 is 33.4 Å². The van der Waals surface area contributed by atoms with Crippen LogP contribution in [0.25, 0.3) is 44.2 Å². The number of likely N-dealkylation sites (tertiary alicyclic amines) is 2. The number of alkyl carbamates (subject to hydrolysis) is 2. The second-order valence-electron chi connectivity index (χ2n) is 17.4. The molecule has 1 unspecified atom stereocenters. The van der Waals surface area contributed by atoms with E-state index in [9.17, 15) is 19.2 Å². The highest BCUT2D eigenvalue weighted by Gasteiger charge is 2.42. The van der Waals surface area contributed by atoms with Crippen LogP contribution in [0.15, 0.2) is 79.0 Å². The molecule has 0 radical (unpaired) electrons. The summed E-state index contributed by atoms with van der Waals surface area (Å²) >= 11 is 0. The van der Waals surface area contributed by atoms with Crippen molar-refractivity contribution in [2.24, 2.45) is 11.8 Å². The van der Waals surface area contributed by atoms with Gasteiger partial charge in [0.1, 0.15) is 36.1 Å². The SMILES string of the molecule is COC(=O)N[C@H](C(=O)N1C(c2nc3c(ccc4cc5c(cc43)OCc3cc(-c4cnc([C@@H]6C[C@H](C)CN6C(=O)[C@H](NC(=O)OC)c6ccccc6)[nH]4)ccc3-5)[nH]2)CC[C@@H]1C)C(C)C. The lowest BCUT2D eigenvalue weighted by Gasteiger charge is -2.32. The molecule has 63 heavy (non-hydrogen) atoms. The summed E-state index contributed by atoms with van der Waals surface area (Å²) in [4.78, 5) is 73.3. The second kappa shape index (κ2) is 16.8. The van der Waals surface area contributed by atoms with E-state index in [1.54, 1.807) is 4.90 Å². The Morgan fingerprint density at radius 2 is 1.62 bits per heavy atom. The number of imidazole rings is 2. The Morgan fingerprint density at radius 3 is 2.38 bits per heavy atom. The predicted octanol–water partition coefficient (Wildman–Crippen LogP) is 8.11. The third kappa shape index (κ3) is 7.69. The van der Waals surface area contributed by atoms with E-state index in [1.165, 1.54) is 14.2 Å². The van der Waals surface area contributed by atoms with Crippen LogP contribution in [0.2, 0.25) is 0 Å². The normalized spacial score (nSPS) is 20.2. The Labute approximate surface area is 364 Å². The molecule has 2 aromatic heterocycles. The molecule has 3 aliphatic heterocycles. The van der Waals surface area contributed by atoms with Crippen LogP contribution in [0.5, 0.6) is 5.75 Å². The second-order valence-corrected chi connectivity index (χ2v) is 17.4. The molecule has 0 saturated carbocycles. The Morgan fingerprint density at radius 1 is 0.841 bits per heavy atom. The van der Waals surface area contributed by atoms with E-state index in [-0.39, 0.29) is 41.8 Å². The van der Waals surface area contributed by atoms with E-state index >= 15 is 0 Å². The van der Waals surface area contributed by atoms with Crippen molar-refractivity contribution in [3.63, 3.8) is 0 Å². The van der Waals surface area contributed by atoms with Crippen molar-refractivity contribution in [1.82, 2.24) is 40.4 Å². The highest BCUT2D eigenvalue weighted by Crippen LogP contribution is 2.44. The molecule has 0 bridgehead atoms. The molecule has 4 N–H and O–H groups in total. The lowest BCUT2D eigenvalue weighted by molar-refractivity contribution is -0.137. The van der Waals surface area contributed by atoms with Crippen LogP contribution >= 0.6 is 0 Å². The molecule has 9 rings (SSSR count). The van der Waals surface area contributed by atoms with Crippen molar-refractivity contribution in [3.8, 4) is 28.1 Å². The number of hydrogen-bond acceptors (Lipinski definition) is 9. The average Bonchev–Trinajstić information content (AvgIpc) is 4.12. The number of hydrogen-bond donors (Lipinski definition) is 4. The zero-order valence-electron chi connectivity index (χ0n) is 36.2. The maximum atomic E-state index is 14.2. The summed E-state index contributed by atoms with van der Waals surface area (Å²) in [5.74, 6) is 1.87. The van der Waals surface area contributed by atoms with Crippen LogP contribution in [0.3, 0.4) is 0 Å². The van der Waals surface area contributed by atoms with E-state index < -0.39 is 24.3 Å². The average molecular weight is 853 g/mol. The molecular weight excluding hydrogens is 801 g/mol. The molecule has 4 amide bonds. The summed E-state index contributed by atoms with van der Waals surface area (Å²) in [5.41, 5.74) is 7.20. The minimum atomic E-state index is -0.907. The number of ether oxygens (including phenoxy) is 3. The van der Waals surface area contributed by atoms with E-state index in [1.807, 2.05) is 68.3 Å². The topological polar surface area (TPSA) is 184 Å². The fourth-order valence-corrected chi connectivity index (χ4v) is 9.59. The van der Waals surface area contributed by atoms with Gasteiger partial charge in [0.2, 0.25) is 5.91 Å². The number of benzene rings is 4. The summed E-state index contributed by atoms with van der Waals surface area (Å²) in [7, 11) is 2.58. The van der Waals surface area contributed by atoms with Crippen LogP contribution in [0.1, 0.15) is 87.9 Å². The number of aromatic amines is 2. The summed E-state index contributed by atoms with van der Waals surface area (Å²) < 4.78 is 16.1. The maximum Gasteiger partial charge on any atom is 0.407 e. The Kier molecular flexibility index (Phi) is 11.0. The molecular formula is C48H52N8O7. The number of rotatable bonds is 9. The van der Waals surface area contributed by atoms with Gasteiger partial charge in [-0.15, -0.1) is 0 Å². The zero-order valence-corrected chi connectivity index (χ0v) is 36.2. The third-order valence-electron chi connectivity index (χ3n) is 12.8. The number of nitrogens with one attached hydrogen (secondary N) is 4. The smallest absolute Gasteiger partial charge is 0.407 e. The minimum absolute atomic E-state index is 0.0296. The number of carbonyl (C=O) groups excluding carboxylic acids is 4. The molecule has 6 aromatic rings. The van der Waals surface area contributed by atoms with Gasteiger partial charge in [-0.1, -0.05) is 69.3 Å². The Hall–Kier alpha value is -6.90. The van der Waals surface area contributed by atoms with Crippen molar-refractivity contribution in [2.45, 2.75) is 83.8 Å². The fraction of sp³-hybridized carbons (Fsp3) is 0.375. The van der Waals surface area contributed by atoms with Gasteiger partial charge >= 0.3 is 12.2 Å². The van der Waals surface area contributed by atoms with Gasteiger partial charge in [0, 0.05) is 23.5 Å². The molecule has 326 valence electrons. The van der Waals surface area contributed by atoms with Crippen molar-refractivity contribution in [3.05, 3.63) is 102 Å². The third-order valence-corrected chi connectivity index (χ3v) is 12.8. The van der Waals surface area contributed by atoms with Gasteiger partial charge in [0.25, 0.3) is 5.91 Å². The van der Waals surface area contributed by atoms with E-state index in [0.717, 1.165) is 74.8 Å². The molecule has 3 aliphatic rings. The number of H-pyrrole nitrogens is 2. The largest absolute Gasteiger partial charge is 0.488 e. The van der Waals surface area contributed by atoms with E-state index in [2.05, 4.69) is 63.9 Å². The van der Waals surface area contributed by atoms with Crippen molar-refractivity contribution in [2.75, 3.05) is 20.8 Å². The molecule has 15 heteroatoms. The zero-order chi connectivity index (χ0) is 44.1. The number of nitrogens with zero attached hydrogens (tertiary/aromatic N) is 4.